The van der Waals surface area contributed by atoms with Crippen molar-refractivity contribution in [3.05, 3.63) is 131 Å². The first-order valence-electron chi connectivity index (χ1n) is 12.3. The predicted octanol–water partition coefficient (Wildman–Crippen LogP) is 6.88. The summed E-state index contributed by atoms with van der Waals surface area (Å²) in [7, 11) is 1.62. The van der Waals surface area contributed by atoms with Crippen molar-refractivity contribution in [2.45, 2.75) is 4.33 Å². The van der Waals surface area contributed by atoms with Crippen LogP contribution in [-0.2, 0) is 4.79 Å². The van der Waals surface area contributed by atoms with Gasteiger partial charge in [0.2, 0.25) is 10.1 Å². The molecule has 0 N–H and O–H groups in total. The first-order chi connectivity index (χ1) is 19.1. The van der Waals surface area contributed by atoms with Crippen LogP contribution in [0.15, 0.2) is 125 Å². The minimum atomic E-state index is -1.09. The number of ether oxygens (including phenoxy) is 1. The van der Waals surface area contributed by atoms with Gasteiger partial charge in [-0.25, -0.2) is 5.01 Å². The lowest BCUT2D eigenvalue weighted by Gasteiger charge is -2.38. The summed E-state index contributed by atoms with van der Waals surface area (Å²) in [6.45, 7) is 0. The number of Topliss-reactive ketones (excluding diaryl/α,β-unsaturated/α-hetero) is 1. The molecule has 6 nitrogen and oxygen atoms in total. The van der Waals surface area contributed by atoms with E-state index in [0.717, 1.165) is 17.0 Å². The van der Waals surface area contributed by atoms with Gasteiger partial charge < -0.3 is 4.74 Å². The summed E-state index contributed by atoms with van der Waals surface area (Å²) in [6, 6.07) is 35.8. The van der Waals surface area contributed by atoms with Crippen LogP contribution in [0.2, 0.25) is 0 Å². The van der Waals surface area contributed by atoms with E-state index in [9.17, 15) is 9.59 Å². The SMILES string of the molecule is COc1ccc(C=C2SC3(SC(C(=O)c4ccccc4)=NN3c3ccccc3)N(c3ccccc3)C2=O)cc1. The van der Waals surface area contributed by atoms with Crippen molar-refractivity contribution in [3.63, 3.8) is 0 Å². The molecule has 192 valence electrons. The second-order valence-electron chi connectivity index (χ2n) is 8.76. The summed E-state index contributed by atoms with van der Waals surface area (Å²) in [5, 5.41) is 6.96. The van der Waals surface area contributed by atoms with E-state index >= 15 is 0 Å². The molecule has 8 heteroatoms. The van der Waals surface area contributed by atoms with Crippen LogP contribution in [-0.4, -0.2) is 28.2 Å². The first kappa shape index (κ1) is 25.0. The van der Waals surface area contributed by atoms with Gasteiger partial charge in [-0.2, -0.15) is 5.10 Å². The molecule has 1 unspecified atom stereocenters. The number of ketones is 1. The molecule has 0 aromatic heterocycles. The van der Waals surface area contributed by atoms with Crippen LogP contribution in [0.5, 0.6) is 5.75 Å². The average molecular weight is 550 g/mol. The van der Waals surface area contributed by atoms with Crippen molar-refractivity contribution < 1.29 is 14.3 Å². The van der Waals surface area contributed by atoms with Gasteiger partial charge in [0.25, 0.3) is 5.91 Å². The van der Waals surface area contributed by atoms with E-state index in [4.69, 9.17) is 9.84 Å². The lowest BCUT2D eigenvalue weighted by molar-refractivity contribution is -0.114. The number of amides is 1. The van der Waals surface area contributed by atoms with Crippen molar-refractivity contribution in [2.24, 2.45) is 5.10 Å². The Hall–Kier alpha value is -4.27. The molecule has 1 fully saturated rings. The fourth-order valence-corrected chi connectivity index (χ4v) is 7.36. The Balaban J connectivity index is 1.49. The highest BCUT2D eigenvalue weighted by atomic mass is 32.2. The Morgan fingerprint density at radius 3 is 2.00 bits per heavy atom. The quantitative estimate of drug-likeness (QED) is 0.193. The molecule has 4 aromatic rings. The van der Waals surface area contributed by atoms with Crippen LogP contribution < -0.4 is 14.6 Å². The van der Waals surface area contributed by atoms with Crippen molar-refractivity contribution >= 4 is 57.7 Å². The molecule has 0 bridgehead atoms. The number of anilines is 2. The van der Waals surface area contributed by atoms with Gasteiger partial charge in [-0.3, -0.25) is 14.5 Å². The smallest absolute Gasteiger partial charge is 0.268 e. The van der Waals surface area contributed by atoms with Gasteiger partial charge in [0.15, 0.2) is 5.04 Å². The first-order valence-corrected chi connectivity index (χ1v) is 13.9. The molecule has 2 aliphatic rings. The molecule has 2 aliphatic heterocycles. The maximum Gasteiger partial charge on any atom is 0.268 e. The third-order valence-corrected chi connectivity index (χ3v) is 9.00. The molecule has 1 saturated heterocycles. The number of para-hydroxylation sites is 2. The van der Waals surface area contributed by atoms with E-state index in [0.29, 0.717) is 21.2 Å². The predicted molar refractivity (Wildman–Crippen MR) is 160 cm³/mol. The van der Waals surface area contributed by atoms with E-state index in [2.05, 4.69) is 0 Å². The summed E-state index contributed by atoms with van der Waals surface area (Å²) < 4.78 is 4.20. The Morgan fingerprint density at radius 2 is 1.38 bits per heavy atom. The largest absolute Gasteiger partial charge is 0.497 e. The van der Waals surface area contributed by atoms with Crippen LogP contribution in [0.4, 0.5) is 11.4 Å². The zero-order valence-electron chi connectivity index (χ0n) is 20.9. The minimum Gasteiger partial charge on any atom is -0.497 e. The number of rotatable bonds is 6. The van der Waals surface area contributed by atoms with Crippen LogP contribution >= 0.6 is 23.5 Å². The molecule has 4 aromatic carbocycles. The second-order valence-corrected chi connectivity index (χ2v) is 11.4. The minimum absolute atomic E-state index is 0.168. The van der Waals surface area contributed by atoms with Gasteiger partial charge in [0.1, 0.15) is 5.75 Å². The van der Waals surface area contributed by atoms with Crippen molar-refractivity contribution in [3.8, 4) is 5.75 Å². The van der Waals surface area contributed by atoms with Gasteiger partial charge >= 0.3 is 0 Å². The molecule has 0 radical (unpaired) electrons. The number of hydrogen-bond donors (Lipinski definition) is 0. The lowest BCUT2D eigenvalue weighted by atomic mass is 10.1. The van der Waals surface area contributed by atoms with E-state index in [1.165, 1.54) is 23.5 Å². The molecule has 1 amide bonds. The number of nitrogens with zero attached hydrogens (tertiary/aromatic N) is 3. The molecule has 6 rings (SSSR count). The number of carbonyl (C=O) groups is 2. The van der Waals surface area contributed by atoms with Crippen molar-refractivity contribution in [1.29, 1.82) is 0 Å². The Labute approximate surface area is 235 Å². The van der Waals surface area contributed by atoms with Gasteiger partial charge in [-0.05, 0) is 59.8 Å². The topological polar surface area (TPSA) is 62.2 Å². The van der Waals surface area contributed by atoms with Crippen LogP contribution in [0, 0.1) is 0 Å². The van der Waals surface area contributed by atoms with E-state index in [1.54, 1.807) is 29.2 Å². The maximum absolute atomic E-state index is 14.2. The average Bonchev–Trinajstić information content (AvgIpc) is 3.50. The molecule has 1 atom stereocenters. The zero-order chi connectivity index (χ0) is 26.8. The Bertz CT molecular complexity index is 1580. The number of carbonyl (C=O) groups excluding carboxylic acids is 2. The van der Waals surface area contributed by atoms with Gasteiger partial charge in [0, 0.05) is 11.3 Å². The van der Waals surface area contributed by atoms with E-state index in [1.807, 2.05) is 109 Å². The molecular weight excluding hydrogens is 526 g/mol. The molecule has 1 spiro atoms. The normalized spacial score (nSPS) is 19.6. The van der Waals surface area contributed by atoms with Crippen LogP contribution in [0.25, 0.3) is 6.08 Å². The van der Waals surface area contributed by atoms with Crippen LogP contribution in [0.1, 0.15) is 15.9 Å². The van der Waals surface area contributed by atoms with Gasteiger partial charge in [0.05, 0.1) is 17.7 Å². The summed E-state index contributed by atoms with van der Waals surface area (Å²) >= 11 is 2.67. The van der Waals surface area contributed by atoms with E-state index < -0.39 is 4.33 Å². The van der Waals surface area contributed by atoms with Crippen molar-refractivity contribution in [2.75, 3.05) is 17.0 Å². The number of hydrogen-bond acceptors (Lipinski definition) is 7. The van der Waals surface area contributed by atoms with Crippen molar-refractivity contribution in [1.82, 2.24) is 0 Å². The highest BCUT2D eigenvalue weighted by Gasteiger charge is 2.60. The van der Waals surface area contributed by atoms with E-state index in [-0.39, 0.29) is 11.7 Å². The highest BCUT2D eigenvalue weighted by molar-refractivity contribution is 8.29. The summed E-state index contributed by atoms with van der Waals surface area (Å²) in [4.78, 5) is 30.0. The maximum atomic E-state index is 14.2. The Kier molecular flexibility index (Phi) is 6.72. The summed E-state index contributed by atoms with van der Waals surface area (Å²) in [5.74, 6) is 0.384. The van der Waals surface area contributed by atoms with Crippen LogP contribution in [0.3, 0.4) is 0 Å². The fourth-order valence-electron chi connectivity index (χ4n) is 4.41. The number of thioether (sulfide) groups is 2. The zero-order valence-corrected chi connectivity index (χ0v) is 22.6. The number of hydrazone groups is 1. The third kappa shape index (κ3) is 4.62. The number of benzene rings is 4. The monoisotopic (exact) mass is 549 g/mol. The second kappa shape index (κ2) is 10.5. The summed E-state index contributed by atoms with van der Waals surface area (Å²) in [6.07, 6.45) is 1.87. The molecular formula is C31H23N3O3S2. The highest BCUT2D eigenvalue weighted by Crippen LogP contribution is 2.59. The third-order valence-electron chi connectivity index (χ3n) is 6.29. The molecule has 0 aliphatic carbocycles. The standard InChI is InChI=1S/C31H23N3O3S2/c1-37-26-19-17-22(18-20-26)21-27-30(36)33(24-13-7-3-8-14-24)31(38-27)34(25-15-9-4-10-16-25)32-29(39-31)28(35)23-11-5-2-6-12-23/h2-21H,1H3. The molecule has 0 saturated carbocycles. The number of methoxy groups -OCH3 is 1. The summed E-state index contributed by atoms with van der Waals surface area (Å²) in [5.41, 5.74) is 2.90. The fraction of sp³-hybridized carbons (Fsp3) is 0.0645. The van der Waals surface area contributed by atoms with Gasteiger partial charge in [-0.15, -0.1) is 0 Å². The van der Waals surface area contributed by atoms with Gasteiger partial charge in [-0.1, -0.05) is 90.6 Å². The Morgan fingerprint density at radius 1 is 0.795 bits per heavy atom. The lowest BCUT2D eigenvalue weighted by Crippen LogP contribution is -2.51. The molecule has 39 heavy (non-hydrogen) atoms. The molecule has 2 heterocycles.